The largest absolute Gasteiger partial charge is 0.493 e. The molecule has 1 aromatic carbocycles. The van der Waals surface area contributed by atoms with Crippen LogP contribution in [-0.4, -0.2) is 33.0 Å². The summed E-state index contributed by atoms with van der Waals surface area (Å²) in [6, 6.07) is 6.04. The Labute approximate surface area is 122 Å². The lowest BCUT2D eigenvalue weighted by Crippen LogP contribution is -2.35. The van der Waals surface area contributed by atoms with Gasteiger partial charge in [-0.15, -0.1) is 0 Å². The van der Waals surface area contributed by atoms with E-state index in [1.165, 1.54) is 5.56 Å². The molecule has 0 bridgehead atoms. The number of benzene rings is 1. The van der Waals surface area contributed by atoms with Crippen LogP contribution in [0.15, 0.2) is 18.2 Å². The van der Waals surface area contributed by atoms with Crippen molar-refractivity contribution in [2.75, 3.05) is 27.4 Å². The molecule has 4 nitrogen and oxygen atoms in total. The van der Waals surface area contributed by atoms with Crippen molar-refractivity contribution in [3.8, 4) is 11.5 Å². The van der Waals surface area contributed by atoms with Crippen molar-refractivity contribution in [3.05, 3.63) is 23.8 Å². The highest BCUT2D eigenvalue weighted by molar-refractivity contribution is 5.43. The summed E-state index contributed by atoms with van der Waals surface area (Å²) in [4.78, 5) is 0. The fourth-order valence-electron chi connectivity index (χ4n) is 1.70. The standard InChI is InChI=1S/C16H27NO3/c1-16(2,3)17-12-13-7-8-14(19-5)15(11-13)20-10-6-9-18-4/h7-8,11,17H,6,9-10,12H2,1-5H3. The van der Waals surface area contributed by atoms with Crippen LogP contribution in [0.4, 0.5) is 0 Å². The smallest absolute Gasteiger partial charge is 0.161 e. The topological polar surface area (TPSA) is 39.7 Å². The summed E-state index contributed by atoms with van der Waals surface area (Å²) in [5, 5.41) is 3.46. The Morgan fingerprint density at radius 1 is 1.05 bits per heavy atom. The van der Waals surface area contributed by atoms with E-state index < -0.39 is 0 Å². The Kier molecular flexibility index (Phi) is 6.82. The Bertz CT molecular complexity index is 399. The number of rotatable bonds is 8. The average molecular weight is 281 g/mol. The highest BCUT2D eigenvalue weighted by atomic mass is 16.5. The molecule has 114 valence electrons. The summed E-state index contributed by atoms with van der Waals surface area (Å²) < 4.78 is 16.1. The van der Waals surface area contributed by atoms with Crippen molar-refractivity contribution < 1.29 is 14.2 Å². The first-order valence-electron chi connectivity index (χ1n) is 7.00. The van der Waals surface area contributed by atoms with Crippen LogP contribution in [-0.2, 0) is 11.3 Å². The molecule has 0 aliphatic heterocycles. The van der Waals surface area contributed by atoms with Crippen LogP contribution < -0.4 is 14.8 Å². The second kappa shape index (κ2) is 8.12. The van der Waals surface area contributed by atoms with Crippen LogP contribution in [0.1, 0.15) is 32.8 Å². The molecule has 0 saturated heterocycles. The minimum absolute atomic E-state index is 0.0966. The van der Waals surface area contributed by atoms with Gasteiger partial charge in [0.2, 0.25) is 0 Å². The van der Waals surface area contributed by atoms with E-state index in [0.29, 0.717) is 13.2 Å². The molecule has 0 aromatic heterocycles. The second-order valence-electron chi connectivity index (χ2n) is 5.78. The van der Waals surface area contributed by atoms with Gasteiger partial charge in [-0.1, -0.05) is 6.07 Å². The number of methoxy groups -OCH3 is 2. The molecular formula is C16H27NO3. The van der Waals surface area contributed by atoms with Gasteiger partial charge in [-0.25, -0.2) is 0 Å². The third-order valence-electron chi connectivity index (χ3n) is 2.80. The number of nitrogens with one attached hydrogen (secondary N) is 1. The third-order valence-corrected chi connectivity index (χ3v) is 2.80. The molecule has 0 radical (unpaired) electrons. The number of ether oxygens (including phenoxy) is 3. The van der Waals surface area contributed by atoms with E-state index in [4.69, 9.17) is 14.2 Å². The van der Waals surface area contributed by atoms with E-state index in [9.17, 15) is 0 Å². The van der Waals surface area contributed by atoms with Gasteiger partial charge in [-0.05, 0) is 38.5 Å². The molecule has 0 saturated carbocycles. The fourth-order valence-corrected chi connectivity index (χ4v) is 1.70. The van der Waals surface area contributed by atoms with E-state index in [1.54, 1.807) is 14.2 Å². The predicted molar refractivity (Wildman–Crippen MR) is 81.6 cm³/mol. The summed E-state index contributed by atoms with van der Waals surface area (Å²) in [5.74, 6) is 1.55. The van der Waals surface area contributed by atoms with Crippen LogP contribution >= 0.6 is 0 Å². The molecule has 1 rings (SSSR count). The predicted octanol–water partition coefficient (Wildman–Crippen LogP) is 3.00. The third kappa shape index (κ3) is 6.26. The van der Waals surface area contributed by atoms with Gasteiger partial charge in [0.15, 0.2) is 11.5 Å². The zero-order valence-electron chi connectivity index (χ0n) is 13.3. The first-order valence-corrected chi connectivity index (χ1v) is 7.00. The molecule has 0 spiro atoms. The molecule has 1 N–H and O–H groups in total. The maximum Gasteiger partial charge on any atom is 0.161 e. The molecule has 0 amide bonds. The van der Waals surface area contributed by atoms with Gasteiger partial charge in [0.05, 0.1) is 13.7 Å². The quantitative estimate of drug-likeness (QED) is 0.744. The van der Waals surface area contributed by atoms with Crippen LogP contribution in [0.25, 0.3) is 0 Å². The maximum absolute atomic E-state index is 5.77. The average Bonchev–Trinajstić information content (AvgIpc) is 2.40. The Morgan fingerprint density at radius 3 is 2.40 bits per heavy atom. The monoisotopic (exact) mass is 281 g/mol. The minimum atomic E-state index is 0.0966. The van der Waals surface area contributed by atoms with Gasteiger partial charge >= 0.3 is 0 Å². The lowest BCUT2D eigenvalue weighted by atomic mass is 10.1. The number of hydrogen-bond acceptors (Lipinski definition) is 4. The van der Waals surface area contributed by atoms with Crippen LogP contribution in [0, 0.1) is 0 Å². The van der Waals surface area contributed by atoms with Crippen molar-refractivity contribution >= 4 is 0 Å². The Balaban J connectivity index is 2.65. The SMILES string of the molecule is COCCCOc1cc(CNC(C)(C)C)ccc1OC. The maximum atomic E-state index is 5.77. The fraction of sp³-hybridized carbons (Fsp3) is 0.625. The summed E-state index contributed by atoms with van der Waals surface area (Å²) in [6.07, 6.45) is 0.865. The zero-order chi connectivity index (χ0) is 15.0. The normalized spacial score (nSPS) is 11.4. The summed E-state index contributed by atoms with van der Waals surface area (Å²) in [7, 11) is 3.35. The van der Waals surface area contributed by atoms with Gasteiger partial charge < -0.3 is 19.5 Å². The van der Waals surface area contributed by atoms with Crippen LogP contribution in [0.2, 0.25) is 0 Å². The van der Waals surface area contributed by atoms with Crippen molar-refractivity contribution in [1.29, 1.82) is 0 Å². The molecule has 0 heterocycles. The molecule has 0 aliphatic carbocycles. The summed E-state index contributed by atoms with van der Waals surface area (Å²) >= 11 is 0. The van der Waals surface area contributed by atoms with Gasteiger partial charge in [0.1, 0.15) is 0 Å². The molecule has 0 atom stereocenters. The van der Waals surface area contributed by atoms with Gasteiger partial charge in [-0.2, -0.15) is 0 Å². The molecule has 0 fully saturated rings. The van der Waals surface area contributed by atoms with Gasteiger partial charge in [-0.3, -0.25) is 0 Å². The zero-order valence-corrected chi connectivity index (χ0v) is 13.3. The van der Waals surface area contributed by atoms with E-state index in [0.717, 1.165) is 24.5 Å². The van der Waals surface area contributed by atoms with Gasteiger partial charge in [0, 0.05) is 32.2 Å². The summed E-state index contributed by atoms with van der Waals surface area (Å²) in [6.45, 7) is 8.59. The molecule has 1 aromatic rings. The van der Waals surface area contributed by atoms with Crippen molar-refractivity contribution in [2.24, 2.45) is 0 Å². The van der Waals surface area contributed by atoms with Crippen LogP contribution in [0.3, 0.4) is 0 Å². The first kappa shape index (κ1) is 16.8. The van der Waals surface area contributed by atoms with Crippen LogP contribution in [0.5, 0.6) is 11.5 Å². The Hall–Kier alpha value is -1.26. The lowest BCUT2D eigenvalue weighted by molar-refractivity contribution is 0.170. The van der Waals surface area contributed by atoms with Crippen molar-refractivity contribution in [2.45, 2.75) is 39.3 Å². The molecular weight excluding hydrogens is 254 g/mol. The van der Waals surface area contributed by atoms with E-state index in [2.05, 4.69) is 32.2 Å². The van der Waals surface area contributed by atoms with E-state index in [1.807, 2.05) is 12.1 Å². The Morgan fingerprint density at radius 2 is 1.80 bits per heavy atom. The minimum Gasteiger partial charge on any atom is -0.493 e. The summed E-state index contributed by atoms with van der Waals surface area (Å²) in [5.41, 5.74) is 1.28. The molecule has 20 heavy (non-hydrogen) atoms. The van der Waals surface area contributed by atoms with Crippen molar-refractivity contribution in [1.82, 2.24) is 5.32 Å². The first-order chi connectivity index (χ1) is 9.46. The molecule has 0 aliphatic rings. The van der Waals surface area contributed by atoms with Gasteiger partial charge in [0.25, 0.3) is 0 Å². The highest BCUT2D eigenvalue weighted by Crippen LogP contribution is 2.28. The number of hydrogen-bond donors (Lipinski definition) is 1. The van der Waals surface area contributed by atoms with Crippen molar-refractivity contribution in [3.63, 3.8) is 0 Å². The van der Waals surface area contributed by atoms with E-state index >= 15 is 0 Å². The molecule has 0 unspecified atom stereocenters. The highest BCUT2D eigenvalue weighted by Gasteiger charge is 2.10. The molecule has 4 heteroatoms. The second-order valence-corrected chi connectivity index (χ2v) is 5.78. The van der Waals surface area contributed by atoms with E-state index in [-0.39, 0.29) is 5.54 Å². The lowest BCUT2D eigenvalue weighted by Gasteiger charge is -2.21.